The lowest BCUT2D eigenvalue weighted by atomic mass is 10.0. The van der Waals surface area contributed by atoms with Crippen LogP contribution in [0.4, 0.5) is 0 Å². The number of H-pyrrole nitrogens is 1. The molecule has 0 atom stereocenters. The molecule has 6 heteroatoms. The average Bonchev–Trinajstić information content (AvgIpc) is 3.16. The van der Waals surface area contributed by atoms with Crippen molar-refractivity contribution < 1.29 is 4.74 Å². The van der Waals surface area contributed by atoms with Crippen LogP contribution < -0.4 is 4.74 Å². The van der Waals surface area contributed by atoms with Gasteiger partial charge in [0, 0.05) is 29.1 Å². The highest BCUT2D eigenvalue weighted by atomic mass is 16.5. The Kier molecular flexibility index (Phi) is 4.82. The maximum absolute atomic E-state index is 9.21. The number of fused-ring (bicyclic) bond motifs is 3. The number of hydrogen-bond donors (Lipinski definition) is 1. The molecule has 1 fully saturated rings. The number of nitrogens with one attached hydrogen (secondary N) is 1. The number of ether oxygens (including phenoxy) is 1. The van der Waals surface area contributed by atoms with Gasteiger partial charge in [0.1, 0.15) is 23.2 Å². The lowest BCUT2D eigenvalue weighted by Gasteiger charge is -2.26. The minimum atomic E-state index is 0.402. The van der Waals surface area contributed by atoms with Gasteiger partial charge in [0.2, 0.25) is 0 Å². The molecule has 30 heavy (non-hydrogen) atoms. The number of likely N-dealkylation sites (tertiary alicyclic amines) is 1. The number of aromatic nitrogens is 3. The van der Waals surface area contributed by atoms with Crippen molar-refractivity contribution >= 4 is 21.9 Å². The fourth-order valence-electron chi connectivity index (χ4n) is 4.31. The van der Waals surface area contributed by atoms with Crippen LogP contribution in [0.25, 0.3) is 33.1 Å². The fraction of sp³-hybridized carbons (Fsp3) is 0.292. The van der Waals surface area contributed by atoms with Crippen molar-refractivity contribution in [3.63, 3.8) is 0 Å². The Morgan fingerprint density at radius 3 is 2.67 bits per heavy atom. The van der Waals surface area contributed by atoms with E-state index < -0.39 is 0 Å². The fourth-order valence-corrected chi connectivity index (χ4v) is 4.31. The van der Waals surface area contributed by atoms with Gasteiger partial charge in [0.05, 0.1) is 18.8 Å². The summed E-state index contributed by atoms with van der Waals surface area (Å²) in [6.45, 7) is 3.25. The Labute approximate surface area is 175 Å². The molecule has 150 valence electrons. The van der Waals surface area contributed by atoms with E-state index in [-0.39, 0.29) is 0 Å². The summed E-state index contributed by atoms with van der Waals surface area (Å²) in [7, 11) is 1.71. The van der Waals surface area contributed by atoms with E-state index in [1.54, 1.807) is 13.3 Å². The normalized spacial score (nSPS) is 14.8. The average molecular weight is 397 g/mol. The lowest BCUT2D eigenvalue weighted by Crippen LogP contribution is -2.29. The number of methoxy groups -OCH3 is 1. The molecular formula is C24H23N5O. The smallest absolute Gasteiger partial charge is 0.141 e. The number of benzene rings is 1. The molecule has 0 radical (unpaired) electrons. The molecule has 6 nitrogen and oxygen atoms in total. The van der Waals surface area contributed by atoms with Gasteiger partial charge in [0.15, 0.2) is 0 Å². The van der Waals surface area contributed by atoms with Gasteiger partial charge in [-0.05, 0) is 67.4 Å². The largest absolute Gasteiger partial charge is 0.497 e. The molecule has 0 bridgehead atoms. The van der Waals surface area contributed by atoms with Crippen LogP contribution in [0.5, 0.6) is 5.75 Å². The Bertz CT molecular complexity index is 1260. The highest BCUT2D eigenvalue weighted by Crippen LogP contribution is 2.31. The van der Waals surface area contributed by atoms with Gasteiger partial charge < -0.3 is 9.72 Å². The second-order valence-corrected chi connectivity index (χ2v) is 7.88. The molecule has 0 aliphatic carbocycles. The van der Waals surface area contributed by atoms with E-state index in [1.165, 1.54) is 24.8 Å². The van der Waals surface area contributed by atoms with Gasteiger partial charge in [-0.25, -0.2) is 9.97 Å². The molecule has 5 rings (SSSR count). The first kappa shape index (κ1) is 18.6. The summed E-state index contributed by atoms with van der Waals surface area (Å²) in [5.74, 6) is 0.856. The summed E-state index contributed by atoms with van der Waals surface area (Å²) in [5, 5.41) is 11.2. The van der Waals surface area contributed by atoms with Crippen LogP contribution in [-0.2, 0) is 6.54 Å². The van der Waals surface area contributed by atoms with Crippen molar-refractivity contribution in [2.75, 3.05) is 20.2 Å². The van der Waals surface area contributed by atoms with Crippen LogP contribution in [-0.4, -0.2) is 40.1 Å². The van der Waals surface area contributed by atoms with Crippen LogP contribution in [0.15, 0.2) is 42.7 Å². The van der Waals surface area contributed by atoms with Gasteiger partial charge in [-0.2, -0.15) is 5.26 Å². The summed E-state index contributed by atoms with van der Waals surface area (Å²) < 4.78 is 5.59. The van der Waals surface area contributed by atoms with Gasteiger partial charge in [-0.3, -0.25) is 4.90 Å². The molecule has 1 saturated heterocycles. The van der Waals surface area contributed by atoms with Gasteiger partial charge in [0.25, 0.3) is 0 Å². The predicted molar refractivity (Wildman–Crippen MR) is 117 cm³/mol. The minimum Gasteiger partial charge on any atom is -0.497 e. The molecular weight excluding hydrogens is 374 g/mol. The molecule has 4 heterocycles. The first-order valence-electron chi connectivity index (χ1n) is 10.3. The first-order valence-corrected chi connectivity index (χ1v) is 10.3. The maximum atomic E-state index is 9.21. The van der Waals surface area contributed by atoms with E-state index in [0.717, 1.165) is 58.4 Å². The van der Waals surface area contributed by atoms with Crippen LogP contribution >= 0.6 is 0 Å². The van der Waals surface area contributed by atoms with E-state index >= 15 is 0 Å². The van der Waals surface area contributed by atoms with Crippen molar-refractivity contribution in [1.82, 2.24) is 19.9 Å². The van der Waals surface area contributed by atoms with E-state index in [1.807, 2.05) is 12.3 Å². The zero-order valence-electron chi connectivity index (χ0n) is 17.0. The second-order valence-electron chi connectivity index (χ2n) is 7.88. The molecule has 0 amide bonds. The number of hydrogen-bond acceptors (Lipinski definition) is 5. The summed E-state index contributed by atoms with van der Waals surface area (Å²) in [6.07, 6.45) is 7.46. The number of aromatic amines is 1. The maximum Gasteiger partial charge on any atom is 0.141 e. The van der Waals surface area contributed by atoms with Crippen molar-refractivity contribution in [3.8, 4) is 22.9 Å². The van der Waals surface area contributed by atoms with E-state index in [2.05, 4.69) is 50.2 Å². The zero-order chi connectivity index (χ0) is 20.5. The second kappa shape index (κ2) is 7.77. The third kappa shape index (κ3) is 3.49. The van der Waals surface area contributed by atoms with Gasteiger partial charge in [-0.15, -0.1) is 0 Å². The molecule has 0 unspecified atom stereocenters. The Hall–Kier alpha value is -3.43. The number of rotatable bonds is 4. The Morgan fingerprint density at radius 2 is 1.87 bits per heavy atom. The first-order chi connectivity index (χ1) is 14.7. The number of nitrogens with zero attached hydrogens (tertiary/aromatic N) is 4. The summed E-state index contributed by atoms with van der Waals surface area (Å²) >= 11 is 0. The van der Waals surface area contributed by atoms with Crippen LogP contribution in [0.1, 0.15) is 30.5 Å². The zero-order valence-corrected chi connectivity index (χ0v) is 17.0. The molecule has 1 aliphatic rings. The van der Waals surface area contributed by atoms with Crippen molar-refractivity contribution in [1.29, 1.82) is 5.26 Å². The molecule has 1 N–H and O–H groups in total. The molecule has 1 aliphatic heterocycles. The highest BCUT2D eigenvalue weighted by molar-refractivity contribution is 6.07. The van der Waals surface area contributed by atoms with Crippen LogP contribution in [0.3, 0.4) is 0 Å². The Balaban J connectivity index is 1.57. The predicted octanol–water partition coefficient (Wildman–Crippen LogP) is 4.64. The standard InChI is InChI=1S/C24H23N5O/c1-30-20-8-16(15-29-5-3-2-4-6-29)7-17(9-20)18-10-22-21-11-19(12-25)26-14-23(21)28-24(22)27-13-18/h7-11,13-14H,2-6,15H2,1H3,(H,27,28). The number of nitriles is 1. The van der Waals surface area contributed by atoms with Crippen LogP contribution in [0, 0.1) is 11.3 Å². The van der Waals surface area contributed by atoms with Gasteiger partial charge >= 0.3 is 0 Å². The number of piperidine rings is 1. The molecule has 1 aromatic carbocycles. The van der Waals surface area contributed by atoms with Gasteiger partial charge in [-0.1, -0.05) is 6.42 Å². The quantitative estimate of drug-likeness (QED) is 0.543. The van der Waals surface area contributed by atoms with E-state index in [0.29, 0.717) is 5.69 Å². The molecule has 3 aromatic heterocycles. The van der Waals surface area contributed by atoms with Crippen molar-refractivity contribution in [2.24, 2.45) is 0 Å². The topological polar surface area (TPSA) is 77.8 Å². The summed E-state index contributed by atoms with van der Waals surface area (Å²) in [6, 6.07) is 12.5. The number of pyridine rings is 2. The molecule has 4 aromatic rings. The monoisotopic (exact) mass is 397 g/mol. The van der Waals surface area contributed by atoms with Crippen molar-refractivity contribution in [2.45, 2.75) is 25.8 Å². The SMILES string of the molecule is COc1cc(CN2CCCCC2)cc(-c2cnc3[nH]c4cnc(C#N)cc4c3c2)c1. The Morgan fingerprint density at radius 1 is 1.00 bits per heavy atom. The summed E-state index contributed by atoms with van der Waals surface area (Å²) in [5.41, 5.74) is 5.43. The highest BCUT2D eigenvalue weighted by Gasteiger charge is 2.14. The third-order valence-electron chi connectivity index (χ3n) is 5.84. The summed E-state index contributed by atoms with van der Waals surface area (Å²) in [4.78, 5) is 14.6. The van der Waals surface area contributed by atoms with Crippen LogP contribution in [0.2, 0.25) is 0 Å². The van der Waals surface area contributed by atoms with E-state index in [4.69, 9.17) is 4.74 Å². The third-order valence-corrected chi connectivity index (χ3v) is 5.84. The molecule has 0 spiro atoms. The van der Waals surface area contributed by atoms with Crippen molar-refractivity contribution in [3.05, 3.63) is 54.0 Å². The minimum absolute atomic E-state index is 0.402. The lowest BCUT2D eigenvalue weighted by molar-refractivity contribution is 0.220. The molecule has 0 saturated carbocycles. The van der Waals surface area contributed by atoms with E-state index in [9.17, 15) is 5.26 Å².